The van der Waals surface area contributed by atoms with E-state index >= 15 is 0 Å². The number of hydrogen-bond acceptors (Lipinski definition) is 2. The van der Waals surface area contributed by atoms with E-state index in [-0.39, 0.29) is 11.3 Å². The number of rotatable bonds is 8. The summed E-state index contributed by atoms with van der Waals surface area (Å²) < 4.78 is 0. The van der Waals surface area contributed by atoms with E-state index < -0.39 is 0 Å². The molecule has 1 amide bonds. The van der Waals surface area contributed by atoms with Gasteiger partial charge in [0.2, 0.25) is 5.91 Å². The van der Waals surface area contributed by atoms with Gasteiger partial charge in [0.15, 0.2) is 0 Å². The zero-order valence-electron chi connectivity index (χ0n) is 15.9. The Kier molecular flexibility index (Phi) is 6.70. The van der Waals surface area contributed by atoms with Crippen LogP contribution >= 0.6 is 0 Å². The lowest BCUT2D eigenvalue weighted by Crippen LogP contribution is -2.30. The van der Waals surface area contributed by atoms with E-state index in [0.717, 1.165) is 31.1 Å². The van der Waals surface area contributed by atoms with Crippen molar-refractivity contribution in [1.82, 2.24) is 0 Å². The maximum atomic E-state index is 12.4. The first kappa shape index (κ1) is 18.8. The molecule has 134 valence electrons. The normalized spacial score (nSPS) is 15.5. The molecule has 0 heterocycles. The van der Waals surface area contributed by atoms with Gasteiger partial charge in [-0.3, -0.25) is 4.79 Å². The number of amides is 1. The zero-order valence-corrected chi connectivity index (χ0v) is 15.9. The molecule has 0 atom stereocenters. The minimum absolute atomic E-state index is 0.0937. The third-order valence-corrected chi connectivity index (χ3v) is 5.63. The molecule has 0 saturated heterocycles. The van der Waals surface area contributed by atoms with Crippen LogP contribution in [0, 0.1) is 11.3 Å². The first-order chi connectivity index (χ1) is 11.5. The highest BCUT2D eigenvalue weighted by molar-refractivity contribution is 5.95. The molecule has 2 rings (SSSR count). The summed E-state index contributed by atoms with van der Waals surface area (Å²) >= 11 is 0. The molecule has 0 radical (unpaired) electrons. The minimum Gasteiger partial charge on any atom is -0.372 e. The van der Waals surface area contributed by atoms with Gasteiger partial charge in [0.05, 0.1) is 0 Å². The van der Waals surface area contributed by atoms with Crippen molar-refractivity contribution in [3.63, 3.8) is 0 Å². The van der Waals surface area contributed by atoms with E-state index in [4.69, 9.17) is 0 Å². The lowest BCUT2D eigenvalue weighted by atomic mass is 9.89. The summed E-state index contributed by atoms with van der Waals surface area (Å²) in [6.45, 7) is 10.4. The Morgan fingerprint density at radius 3 is 2.58 bits per heavy atom. The topological polar surface area (TPSA) is 32.3 Å². The quantitative estimate of drug-likeness (QED) is 0.685. The van der Waals surface area contributed by atoms with Crippen LogP contribution in [0.5, 0.6) is 0 Å². The molecular formula is C21H34N2O. The van der Waals surface area contributed by atoms with E-state index in [1.807, 2.05) is 26.0 Å². The number of hydrogen-bond donors (Lipinski definition) is 1. The first-order valence-corrected chi connectivity index (χ1v) is 9.62. The molecule has 24 heavy (non-hydrogen) atoms. The standard InChI is InChI=1S/C21H34N2O/c1-5-21(3,4)20(24)22-18-12-9-13-19(16-18)23(6-2)15-14-17-10-7-8-11-17/h9,12-13,16-17H,5-8,10-11,14-15H2,1-4H3,(H,22,24). The molecule has 1 aromatic carbocycles. The minimum atomic E-state index is -0.330. The molecule has 0 spiro atoms. The molecule has 0 aliphatic heterocycles. The van der Waals surface area contributed by atoms with Gasteiger partial charge < -0.3 is 10.2 Å². The maximum absolute atomic E-state index is 12.4. The van der Waals surface area contributed by atoms with E-state index in [9.17, 15) is 4.79 Å². The summed E-state index contributed by atoms with van der Waals surface area (Å²) in [5, 5.41) is 3.08. The Labute approximate surface area is 147 Å². The lowest BCUT2D eigenvalue weighted by molar-refractivity contribution is -0.124. The van der Waals surface area contributed by atoms with Crippen molar-refractivity contribution in [2.24, 2.45) is 11.3 Å². The smallest absolute Gasteiger partial charge is 0.230 e. The van der Waals surface area contributed by atoms with E-state index in [1.165, 1.54) is 37.8 Å². The molecule has 1 aromatic rings. The molecule has 1 fully saturated rings. The van der Waals surface area contributed by atoms with Crippen molar-refractivity contribution in [1.29, 1.82) is 0 Å². The molecule has 1 N–H and O–H groups in total. The van der Waals surface area contributed by atoms with Gasteiger partial charge in [-0.25, -0.2) is 0 Å². The van der Waals surface area contributed by atoms with Crippen LogP contribution in [-0.4, -0.2) is 19.0 Å². The fourth-order valence-electron chi connectivity index (χ4n) is 3.35. The van der Waals surface area contributed by atoms with Gasteiger partial charge in [0.1, 0.15) is 0 Å². The number of anilines is 2. The summed E-state index contributed by atoms with van der Waals surface area (Å²) in [7, 11) is 0. The summed E-state index contributed by atoms with van der Waals surface area (Å²) in [6.07, 6.45) is 7.74. The largest absolute Gasteiger partial charge is 0.372 e. The maximum Gasteiger partial charge on any atom is 0.230 e. The Morgan fingerprint density at radius 1 is 1.25 bits per heavy atom. The van der Waals surface area contributed by atoms with Crippen LogP contribution in [0.3, 0.4) is 0 Å². The number of benzene rings is 1. The van der Waals surface area contributed by atoms with E-state index in [0.29, 0.717) is 0 Å². The van der Waals surface area contributed by atoms with Crippen molar-refractivity contribution in [3.8, 4) is 0 Å². The SMILES string of the molecule is CCN(CCC1CCCC1)c1cccc(NC(=O)C(C)(C)CC)c1. The Balaban J connectivity index is 2.00. The highest BCUT2D eigenvalue weighted by Gasteiger charge is 2.25. The van der Waals surface area contributed by atoms with Gasteiger partial charge in [-0.15, -0.1) is 0 Å². The molecule has 0 aromatic heterocycles. The first-order valence-electron chi connectivity index (χ1n) is 9.62. The summed E-state index contributed by atoms with van der Waals surface area (Å²) in [5.74, 6) is 1.00. The van der Waals surface area contributed by atoms with Crippen LogP contribution in [0.25, 0.3) is 0 Å². The second-order valence-electron chi connectivity index (χ2n) is 7.76. The van der Waals surface area contributed by atoms with Crippen molar-refractivity contribution in [2.75, 3.05) is 23.3 Å². The average molecular weight is 331 g/mol. The average Bonchev–Trinajstić information content (AvgIpc) is 3.09. The van der Waals surface area contributed by atoms with Crippen LogP contribution in [0.1, 0.15) is 66.2 Å². The predicted octanol–water partition coefficient (Wildman–Crippen LogP) is 5.47. The fourth-order valence-corrected chi connectivity index (χ4v) is 3.35. The molecule has 0 bridgehead atoms. The van der Waals surface area contributed by atoms with Crippen LogP contribution in [0.2, 0.25) is 0 Å². The number of carbonyl (C=O) groups excluding carboxylic acids is 1. The highest BCUT2D eigenvalue weighted by atomic mass is 16.2. The summed E-state index contributed by atoms with van der Waals surface area (Å²) in [5.41, 5.74) is 1.78. The number of nitrogens with zero attached hydrogens (tertiary/aromatic N) is 1. The molecule has 3 nitrogen and oxygen atoms in total. The van der Waals surface area contributed by atoms with Gasteiger partial charge in [0.25, 0.3) is 0 Å². The van der Waals surface area contributed by atoms with Gasteiger partial charge in [0, 0.05) is 29.9 Å². The Morgan fingerprint density at radius 2 is 1.96 bits per heavy atom. The van der Waals surface area contributed by atoms with Gasteiger partial charge in [-0.2, -0.15) is 0 Å². The summed E-state index contributed by atoms with van der Waals surface area (Å²) in [4.78, 5) is 14.8. The molecule has 1 aliphatic rings. The fraction of sp³-hybridized carbons (Fsp3) is 0.667. The monoisotopic (exact) mass is 330 g/mol. The van der Waals surface area contributed by atoms with Gasteiger partial charge >= 0.3 is 0 Å². The Hall–Kier alpha value is -1.51. The third kappa shape index (κ3) is 4.99. The van der Waals surface area contributed by atoms with Gasteiger partial charge in [-0.1, -0.05) is 52.5 Å². The van der Waals surface area contributed by atoms with Crippen LogP contribution in [0.4, 0.5) is 11.4 Å². The highest BCUT2D eigenvalue weighted by Crippen LogP contribution is 2.29. The van der Waals surface area contributed by atoms with E-state index in [2.05, 4.69) is 36.2 Å². The van der Waals surface area contributed by atoms with E-state index in [1.54, 1.807) is 0 Å². The second-order valence-corrected chi connectivity index (χ2v) is 7.76. The Bertz CT molecular complexity index is 532. The zero-order chi connectivity index (χ0) is 17.6. The summed E-state index contributed by atoms with van der Waals surface area (Å²) in [6, 6.07) is 8.29. The van der Waals surface area contributed by atoms with Crippen molar-refractivity contribution >= 4 is 17.3 Å². The van der Waals surface area contributed by atoms with Crippen LogP contribution < -0.4 is 10.2 Å². The molecule has 1 saturated carbocycles. The van der Waals surface area contributed by atoms with Crippen LogP contribution in [0.15, 0.2) is 24.3 Å². The predicted molar refractivity (Wildman–Crippen MR) is 104 cm³/mol. The molecule has 3 heteroatoms. The molecular weight excluding hydrogens is 296 g/mol. The number of nitrogens with one attached hydrogen (secondary N) is 1. The second kappa shape index (κ2) is 8.55. The third-order valence-electron chi connectivity index (χ3n) is 5.63. The van der Waals surface area contributed by atoms with Gasteiger partial charge in [-0.05, 0) is 43.9 Å². The van der Waals surface area contributed by atoms with Crippen molar-refractivity contribution < 1.29 is 4.79 Å². The lowest BCUT2D eigenvalue weighted by Gasteiger charge is -2.26. The van der Waals surface area contributed by atoms with Crippen LogP contribution in [-0.2, 0) is 4.79 Å². The van der Waals surface area contributed by atoms with Crippen molar-refractivity contribution in [3.05, 3.63) is 24.3 Å². The molecule has 0 unspecified atom stereocenters. The van der Waals surface area contributed by atoms with Crippen molar-refractivity contribution in [2.45, 2.75) is 66.2 Å². The molecule has 1 aliphatic carbocycles. The number of carbonyl (C=O) groups is 1.